The first-order chi connectivity index (χ1) is 13.9. The van der Waals surface area contributed by atoms with E-state index in [2.05, 4.69) is 50.8 Å². The summed E-state index contributed by atoms with van der Waals surface area (Å²) in [7, 11) is 0. The molecule has 0 bridgehead atoms. The minimum Gasteiger partial charge on any atom is -0.155 e. The summed E-state index contributed by atoms with van der Waals surface area (Å²) in [6.45, 7) is 0. The number of benzene rings is 3. The molecule has 0 amide bonds. The van der Waals surface area contributed by atoms with Crippen LogP contribution < -0.4 is 0 Å². The van der Waals surface area contributed by atoms with Gasteiger partial charge in [0.2, 0.25) is 0 Å². The van der Waals surface area contributed by atoms with Crippen LogP contribution in [-0.2, 0) is 0 Å². The van der Waals surface area contributed by atoms with Gasteiger partial charge in [-0.1, -0.05) is 54.6 Å². The van der Waals surface area contributed by atoms with Crippen LogP contribution in [0, 0.1) is 0 Å². The van der Waals surface area contributed by atoms with Gasteiger partial charge < -0.3 is 0 Å². The van der Waals surface area contributed by atoms with Crippen molar-refractivity contribution in [2.75, 3.05) is 0 Å². The first-order valence-corrected chi connectivity index (χ1v) is 9.31. The number of azo groups is 2. The van der Waals surface area contributed by atoms with E-state index in [1.165, 1.54) is 0 Å². The van der Waals surface area contributed by atoms with Crippen molar-refractivity contribution in [1.29, 1.82) is 0 Å². The highest BCUT2D eigenvalue weighted by atomic mass is 15.1. The molecule has 4 rings (SSSR count). The summed E-state index contributed by atoms with van der Waals surface area (Å²) in [6.07, 6.45) is 8.17. The van der Waals surface area contributed by atoms with E-state index in [0.29, 0.717) is 0 Å². The molecule has 4 heteroatoms. The zero-order chi connectivity index (χ0) is 19.0. The van der Waals surface area contributed by atoms with Crippen LogP contribution in [0.25, 0.3) is 11.1 Å². The summed E-state index contributed by atoms with van der Waals surface area (Å²) in [5.74, 6) is 0. The van der Waals surface area contributed by atoms with Gasteiger partial charge >= 0.3 is 0 Å². The Labute approximate surface area is 164 Å². The number of hydrogen-bond acceptors (Lipinski definition) is 4. The summed E-state index contributed by atoms with van der Waals surface area (Å²) in [5, 5.41) is 17.2. The molecule has 0 saturated heterocycles. The Morgan fingerprint density at radius 3 is 1.61 bits per heavy atom. The maximum Gasteiger partial charge on any atom is 0.0857 e. The molecule has 0 radical (unpaired) electrons. The lowest BCUT2D eigenvalue weighted by Gasteiger charge is -2.03. The van der Waals surface area contributed by atoms with E-state index in [9.17, 15) is 0 Å². The van der Waals surface area contributed by atoms with Gasteiger partial charge in [-0.05, 0) is 66.4 Å². The molecular formula is C24H20N4. The van der Waals surface area contributed by atoms with Crippen LogP contribution in [0.4, 0.5) is 17.1 Å². The predicted molar refractivity (Wildman–Crippen MR) is 113 cm³/mol. The molecule has 136 valence electrons. The highest BCUT2D eigenvalue weighted by Gasteiger charge is 2.00. The van der Waals surface area contributed by atoms with Crippen molar-refractivity contribution in [3.05, 3.63) is 103 Å². The average Bonchev–Trinajstić information content (AvgIpc) is 2.78. The van der Waals surface area contributed by atoms with Crippen LogP contribution in [0.2, 0.25) is 0 Å². The fourth-order valence-electron chi connectivity index (χ4n) is 2.85. The molecule has 0 aromatic heterocycles. The Hall–Kier alpha value is -3.66. The van der Waals surface area contributed by atoms with E-state index in [0.717, 1.165) is 46.7 Å². The largest absolute Gasteiger partial charge is 0.155 e. The number of rotatable bonds is 5. The van der Waals surface area contributed by atoms with Gasteiger partial charge in [-0.25, -0.2) is 0 Å². The highest BCUT2D eigenvalue weighted by Crippen LogP contribution is 2.26. The van der Waals surface area contributed by atoms with Gasteiger partial charge in [-0.3, -0.25) is 0 Å². The highest BCUT2D eigenvalue weighted by molar-refractivity contribution is 5.67. The van der Waals surface area contributed by atoms with Gasteiger partial charge in [0, 0.05) is 0 Å². The third-order valence-electron chi connectivity index (χ3n) is 4.39. The molecule has 0 saturated carbocycles. The summed E-state index contributed by atoms with van der Waals surface area (Å²) >= 11 is 0. The van der Waals surface area contributed by atoms with Crippen molar-refractivity contribution in [3.63, 3.8) is 0 Å². The molecule has 0 unspecified atom stereocenters. The minimum absolute atomic E-state index is 0.827. The Morgan fingerprint density at radius 2 is 1.07 bits per heavy atom. The van der Waals surface area contributed by atoms with Crippen molar-refractivity contribution in [2.24, 2.45) is 20.5 Å². The Bertz CT molecular complexity index is 1030. The van der Waals surface area contributed by atoms with Gasteiger partial charge in [0.1, 0.15) is 0 Å². The Kier molecular flexibility index (Phi) is 5.59. The van der Waals surface area contributed by atoms with Gasteiger partial charge in [-0.15, -0.1) is 0 Å². The normalized spacial score (nSPS) is 13.9. The molecule has 4 nitrogen and oxygen atoms in total. The third-order valence-corrected chi connectivity index (χ3v) is 4.39. The zero-order valence-electron chi connectivity index (χ0n) is 15.4. The van der Waals surface area contributed by atoms with Crippen LogP contribution in [0.5, 0.6) is 0 Å². The monoisotopic (exact) mass is 364 g/mol. The molecule has 0 aliphatic heterocycles. The lowest BCUT2D eigenvalue weighted by molar-refractivity contribution is 0.912. The Balaban J connectivity index is 1.43. The number of hydrogen-bond donors (Lipinski definition) is 0. The number of nitrogens with zero attached hydrogens (tertiary/aromatic N) is 4. The Morgan fingerprint density at radius 1 is 0.536 bits per heavy atom. The summed E-state index contributed by atoms with van der Waals surface area (Å²) in [4.78, 5) is 0. The van der Waals surface area contributed by atoms with Crippen LogP contribution in [-0.4, -0.2) is 0 Å². The third kappa shape index (κ3) is 4.74. The van der Waals surface area contributed by atoms with E-state index in [-0.39, 0.29) is 0 Å². The van der Waals surface area contributed by atoms with Crippen LogP contribution >= 0.6 is 0 Å². The topological polar surface area (TPSA) is 49.4 Å². The minimum atomic E-state index is 0.827. The van der Waals surface area contributed by atoms with Crippen LogP contribution in [0.15, 0.2) is 123 Å². The van der Waals surface area contributed by atoms with Gasteiger partial charge in [0.25, 0.3) is 0 Å². The van der Waals surface area contributed by atoms with E-state index in [4.69, 9.17) is 0 Å². The second kappa shape index (κ2) is 8.82. The molecule has 1 aliphatic rings. The standard InChI is InChI=1S/C24H20N4/c1-3-7-21(8-4-1)25-27-23-15-11-19(12-16-23)20-13-17-24(18-14-20)28-26-22-9-5-2-6-10-22/h1-5,7-9,11-18H,6,10H2/b27-25+,28-26+. The zero-order valence-corrected chi connectivity index (χ0v) is 15.4. The van der Waals surface area contributed by atoms with Crippen molar-refractivity contribution in [3.8, 4) is 11.1 Å². The van der Waals surface area contributed by atoms with E-state index in [1.807, 2.05) is 66.7 Å². The predicted octanol–water partition coefficient (Wildman–Crippen LogP) is 8.09. The SMILES string of the molecule is C1=CCCC(/N=N/c2ccc(-c3ccc(/N=N/c4ccccc4)cc3)cc2)=C1. The quantitative estimate of drug-likeness (QED) is 0.411. The molecule has 3 aromatic carbocycles. The van der Waals surface area contributed by atoms with E-state index in [1.54, 1.807) is 0 Å². The summed E-state index contributed by atoms with van der Waals surface area (Å²) in [5.41, 5.74) is 5.80. The van der Waals surface area contributed by atoms with E-state index >= 15 is 0 Å². The van der Waals surface area contributed by atoms with Crippen molar-refractivity contribution in [2.45, 2.75) is 12.8 Å². The lowest BCUT2D eigenvalue weighted by Crippen LogP contribution is -1.81. The molecule has 1 aliphatic carbocycles. The summed E-state index contributed by atoms with van der Waals surface area (Å²) in [6, 6.07) is 25.9. The summed E-state index contributed by atoms with van der Waals surface area (Å²) < 4.78 is 0. The van der Waals surface area contributed by atoms with Gasteiger partial charge in [-0.2, -0.15) is 20.5 Å². The molecule has 3 aromatic rings. The van der Waals surface area contributed by atoms with Crippen LogP contribution in [0.3, 0.4) is 0 Å². The van der Waals surface area contributed by atoms with Crippen LogP contribution in [0.1, 0.15) is 12.8 Å². The second-order valence-corrected chi connectivity index (χ2v) is 6.45. The number of allylic oxidation sites excluding steroid dienone is 4. The molecule has 0 N–H and O–H groups in total. The van der Waals surface area contributed by atoms with Crippen molar-refractivity contribution >= 4 is 17.1 Å². The fourth-order valence-corrected chi connectivity index (χ4v) is 2.85. The first kappa shape index (κ1) is 17.7. The second-order valence-electron chi connectivity index (χ2n) is 6.45. The van der Waals surface area contributed by atoms with E-state index < -0.39 is 0 Å². The fraction of sp³-hybridized carbons (Fsp3) is 0.0833. The molecule has 28 heavy (non-hydrogen) atoms. The molecule has 0 fully saturated rings. The molecule has 0 heterocycles. The maximum atomic E-state index is 4.33. The molecule has 0 spiro atoms. The maximum absolute atomic E-state index is 4.33. The molecular weight excluding hydrogens is 344 g/mol. The van der Waals surface area contributed by atoms with Crippen molar-refractivity contribution < 1.29 is 0 Å². The van der Waals surface area contributed by atoms with Gasteiger partial charge in [0.05, 0.1) is 22.8 Å². The first-order valence-electron chi connectivity index (χ1n) is 9.31. The smallest absolute Gasteiger partial charge is 0.0857 e. The van der Waals surface area contributed by atoms with Gasteiger partial charge in [0.15, 0.2) is 0 Å². The average molecular weight is 364 g/mol. The lowest BCUT2D eigenvalue weighted by atomic mass is 10.1. The molecule has 0 atom stereocenters. The van der Waals surface area contributed by atoms with Crippen molar-refractivity contribution in [1.82, 2.24) is 0 Å².